The first-order chi connectivity index (χ1) is 11.2. The lowest BCUT2D eigenvalue weighted by Gasteiger charge is -2.14. The molecule has 0 bridgehead atoms. The highest BCUT2D eigenvalue weighted by molar-refractivity contribution is 5.89. The van der Waals surface area contributed by atoms with Crippen molar-refractivity contribution < 1.29 is 9.53 Å². The Balaban J connectivity index is 1.48. The van der Waals surface area contributed by atoms with E-state index < -0.39 is 0 Å². The van der Waals surface area contributed by atoms with Crippen molar-refractivity contribution in [1.29, 1.82) is 5.26 Å². The normalized spacial score (nSPS) is 21.8. The number of nitriles is 1. The summed E-state index contributed by atoms with van der Waals surface area (Å²) in [5.74, 6) is 0. The van der Waals surface area contributed by atoms with E-state index in [1.165, 1.54) is 0 Å². The molecule has 0 N–H and O–H groups in total. The molecule has 0 radical (unpaired) electrons. The van der Waals surface area contributed by atoms with E-state index in [0.717, 1.165) is 24.1 Å². The van der Waals surface area contributed by atoms with Crippen LogP contribution in [0, 0.1) is 11.3 Å². The van der Waals surface area contributed by atoms with Gasteiger partial charge in [0.05, 0.1) is 30.8 Å². The van der Waals surface area contributed by atoms with Crippen molar-refractivity contribution >= 4 is 11.8 Å². The minimum Gasteiger partial charge on any atom is -0.442 e. The van der Waals surface area contributed by atoms with Crippen molar-refractivity contribution in [3.63, 3.8) is 0 Å². The van der Waals surface area contributed by atoms with Gasteiger partial charge in [0, 0.05) is 11.9 Å². The van der Waals surface area contributed by atoms with Crippen LogP contribution >= 0.6 is 0 Å². The Hall–Kier alpha value is -2.88. The lowest BCUT2D eigenvalue weighted by Crippen LogP contribution is -2.26. The van der Waals surface area contributed by atoms with Crippen LogP contribution in [0.3, 0.4) is 0 Å². The monoisotopic (exact) mass is 309 g/mol. The molecule has 116 valence electrons. The number of benzene rings is 1. The molecule has 2 heterocycles. The summed E-state index contributed by atoms with van der Waals surface area (Å²) in [6, 6.07) is 10.0. The van der Waals surface area contributed by atoms with Crippen LogP contribution in [0.2, 0.25) is 0 Å². The Morgan fingerprint density at radius 1 is 1.35 bits per heavy atom. The molecule has 7 heteroatoms. The maximum Gasteiger partial charge on any atom is 0.414 e. The van der Waals surface area contributed by atoms with Crippen LogP contribution in [0.5, 0.6) is 0 Å². The van der Waals surface area contributed by atoms with Gasteiger partial charge >= 0.3 is 6.09 Å². The molecule has 1 amide bonds. The molecule has 1 aromatic heterocycles. The highest BCUT2D eigenvalue weighted by atomic mass is 16.6. The number of rotatable bonds is 4. The zero-order valence-corrected chi connectivity index (χ0v) is 12.4. The van der Waals surface area contributed by atoms with Gasteiger partial charge in [-0.2, -0.15) is 5.26 Å². The van der Waals surface area contributed by atoms with Crippen LogP contribution in [-0.4, -0.2) is 33.7 Å². The summed E-state index contributed by atoms with van der Waals surface area (Å²) in [4.78, 5) is 13.7. The maximum absolute atomic E-state index is 12.1. The minimum atomic E-state index is -0.357. The SMILES string of the molecule is N#CC1(c2ccc(N3CC(Cn4ccnn4)OC3=O)cc2)CC1. The molecule has 1 atom stereocenters. The first-order valence-electron chi connectivity index (χ1n) is 7.54. The third kappa shape index (κ3) is 2.42. The summed E-state index contributed by atoms with van der Waals surface area (Å²) in [6.07, 6.45) is 4.55. The fraction of sp³-hybridized carbons (Fsp3) is 0.375. The second kappa shape index (κ2) is 5.09. The Kier molecular flexibility index (Phi) is 3.05. The lowest BCUT2D eigenvalue weighted by atomic mass is 9.97. The molecule has 7 nitrogen and oxygen atoms in total. The Bertz CT molecular complexity index is 759. The predicted octanol–water partition coefficient (Wildman–Crippen LogP) is 1.86. The van der Waals surface area contributed by atoms with Gasteiger partial charge in [0.15, 0.2) is 0 Å². The van der Waals surface area contributed by atoms with E-state index >= 15 is 0 Å². The number of ether oxygens (including phenoxy) is 1. The van der Waals surface area contributed by atoms with E-state index in [-0.39, 0.29) is 17.6 Å². The number of nitrogens with zero attached hydrogens (tertiary/aromatic N) is 5. The molecule has 1 aliphatic heterocycles. The molecule has 2 fully saturated rings. The highest BCUT2D eigenvalue weighted by Crippen LogP contribution is 2.47. The quantitative estimate of drug-likeness (QED) is 0.860. The van der Waals surface area contributed by atoms with Gasteiger partial charge in [0.25, 0.3) is 0 Å². The number of hydrogen-bond donors (Lipinski definition) is 0. The molecular formula is C16H15N5O2. The van der Waals surface area contributed by atoms with E-state index in [9.17, 15) is 10.1 Å². The van der Waals surface area contributed by atoms with Crippen molar-refractivity contribution in [2.75, 3.05) is 11.4 Å². The molecule has 1 saturated heterocycles. The zero-order valence-electron chi connectivity index (χ0n) is 12.4. The van der Waals surface area contributed by atoms with Crippen LogP contribution in [-0.2, 0) is 16.7 Å². The summed E-state index contributed by atoms with van der Waals surface area (Å²) in [5.41, 5.74) is 1.50. The number of anilines is 1. The third-order valence-corrected chi connectivity index (χ3v) is 4.43. The Morgan fingerprint density at radius 3 is 2.74 bits per heavy atom. The summed E-state index contributed by atoms with van der Waals surface area (Å²) in [6.45, 7) is 0.958. The Morgan fingerprint density at radius 2 is 2.13 bits per heavy atom. The second-order valence-electron chi connectivity index (χ2n) is 5.98. The van der Waals surface area contributed by atoms with E-state index in [4.69, 9.17) is 4.74 Å². The molecule has 2 aromatic rings. The standard InChI is InChI=1S/C16H15N5O2/c17-11-16(5-6-16)12-1-3-13(4-2-12)21-10-14(23-15(21)22)9-20-8-7-18-19-20/h1-4,7-8,14H,5-6,9-10H2. The van der Waals surface area contributed by atoms with Gasteiger partial charge in [-0.3, -0.25) is 4.90 Å². The number of hydrogen-bond acceptors (Lipinski definition) is 5. The highest BCUT2D eigenvalue weighted by Gasteiger charge is 2.44. The van der Waals surface area contributed by atoms with Crippen molar-refractivity contribution in [3.8, 4) is 6.07 Å². The molecule has 23 heavy (non-hydrogen) atoms. The van der Waals surface area contributed by atoms with Gasteiger partial charge in [0.1, 0.15) is 6.10 Å². The zero-order chi connectivity index (χ0) is 15.9. The first kappa shape index (κ1) is 13.8. The van der Waals surface area contributed by atoms with Crippen LogP contribution < -0.4 is 4.90 Å². The minimum absolute atomic E-state index is 0.252. The van der Waals surface area contributed by atoms with Crippen molar-refractivity contribution in [3.05, 3.63) is 42.2 Å². The van der Waals surface area contributed by atoms with Gasteiger partial charge in [0.2, 0.25) is 0 Å². The van der Waals surface area contributed by atoms with E-state index in [2.05, 4.69) is 16.4 Å². The second-order valence-corrected chi connectivity index (χ2v) is 5.98. The van der Waals surface area contributed by atoms with E-state index in [1.54, 1.807) is 22.0 Å². The predicted molar refractivity (Wildman–Crippen MR) is 80.6 cm³/mol. The molecular weight excluding hydrogens is 294 g/mol. The van der Waals surface area contributed by atoms with Gasteiger partial charge in [-0.25, -0.2) is 9.48 Å². The van der Waals surface area contributed by atoms with E-state index in [1.807, 2.05) is 24.3 Å². The van der Waals surface area contributed by atoms with E-state index in [0.29, 0.717) is 13.1 Å². The smallest absolute Gasteiger partial charge is 0.414 e. The molecule has 0 spiro atoms. The van der Waals surface area contributed by atoms with Crippen molar-refractivity contribution in [2.45, 2.75) is 30.9 Å². The number of cyclic esters (lactones) is 1. The fourth-order valence-electron chi connectivity index (χ4n) is 2.92. The summed E-state index contributed by atoms with van der Waals surface area (Å²) in [7, 11) is 0. The van der Waals surface area contributed by atoms with Crippen molar-refractivity contribution in [2.24, 2.45) is 0 Å². The van der Waals surface area contributed by atoms with Crippen LogP contribution in [0.15, 0.2) is 36.7 Å². The molecule has 4 rings (SSSR count). The van der Waals surface area contributed by atoms with Crippen LogP contribution in [0.25, 0.3) is 0 Å². The number of amides is 1. The number of carbonyl (C=O) groups is 1. The molecule has 1 aliphatic carbocycles. The molecule has 1 unspecified atom stereocenters. The summed E-state index contributed by atoms with van der Waals surface area (Å²) in [5, 5.41) is 16.9. The molecule has 2 aliphatic rings. The van der Waals surface area contributed by atoms with Crippen molar-refractivity contribution in [1.82, 2.24) is 15.0 Å². The maximum atomic E-state index is 12.1. The summed E-state index contributed by atoms with van der Waals surface area (Å²) >= 11 is 0. The summed E-state index contributed by atoms with van der Waals surface area (Å²) < 4.78 is 7.03. The number of carbonyl (C=O) groups excluding carboxylic acids is 1. The van der Waals surface area contributed by atoms with Gasteiger partial charge in [-0.05, 0) is 30.5 Å². The van der Waals surface area contributed by atoms with Gasteiger partial charge < -0.3 is 4.74 Å². The Labute approximate surface area is 133 Å². The first-order valence-corrected chi connectivity index (χ1v) is 7.54. The fourth-order valence-corrected chi connectivity index (χ4v) is 2.92. The average Bonchev–Trinajstić information content (AvgIpc) is 3.05. The largest absolute Gasteiger partial charge is 0.442 e. The molecule has 1 saturated carbocycles. The third-order valence-electron chi connectivity index (χ3n) is 4.43. The van der Waals surface area contributed by atoms with Gasteiger partial charge in [-0.1, -0.05) is 17.3 Å². The average molecular weight is 309 g/mol. The van der Waals surface area contributed by atoms with Gasteiger partial charge in [-0.15, -0.1) is 5.10 Å². The topological polar surface area (TPSA) is 84.0 Å². The van der Waals surface area contributed by atoms with Crippen LogP contribution in [0.4, 0.5) is 10.5 Å². The molecule has 1 aromatic carbocycles. The van der Waals surface area contributed by atoms with Crippen LogP contribution in [0.1, 0.15) is 18.4 Å². The number of aromatic nitrogens is 3. The lowest BCUT2D eigenvalue weighted by molar-refractivity contribution is 0.129.